The Balaban J connectivity index is 1.72. The van der Waals surface area contributed by atoms with E-state index < -0.39 is 0 Å². The number of anilines is 2. The molecule has 0 bridgehead atoms. The van der Waals surface area contributed by atoms with E-state index in [2.05, 4.69) is 32.4 Å². The molecule has 2 aromatic heterocycles. The van der Waals surface area contributed by atoms with E-state index in [0.717, 1.165) is 11.3 Å². The van der Waals surface area contributed by atoms with Gasteiger partial charge in [-0.2, -0.15) is 5.10 Å². The summed E-state index contributed by atoms with van der Waals surface area (Å²) in [5.41, 5.74) is 7.44. The minimum atomic E-state index is 0.391. The molecule has 1 aliphatic rings. The van der Waals surface area contributed by atoms with Crippen molar-refractivity contribution >= 4 is 11.8 Å². The van der Waals surface area contributed by atoms with E-state index in [-0.39, 0.29) is 0 Å². The number of nitrogens with zero attached hydrogens (tertiary/aromatic N) is 3. The zero-order chi connectivity index (χ0) is 14.7. The predicted molar refractivity (Wildman–Crippen MR) is 83.7 cm³/mol. The molecule has 1 saturated carbocycles. The van der Waals surface area contributed by atoms with Crippen LogP contribution in [0.3, 0.4) is 0 Å². The molecule has 1 fully saturated rings. The van der Waals surface area contributed by atoms with Crippen LogP contribution in [0.15, 0.2) is 18.5 Å². The largest absolute Gasteiger partial charge is 0.384 e. The van der Waals surface area contributed by atoms with Crippen LogP contribution >= 0.6 is 0 Å². The van der Waals surface area contributed by atoms with Crippen LogP contribution < -0.4 is 11.1 Å². The third-order valence-corrected chi connectivity index (χ3v) is 4.31. The van der Waals surface area contributed by atoms with Crippen molar-refractivity contribution in [2.75, 3.05) is 11.1 Å². The average molecular weight is 286 g/mol. The fraction of sp³-hybridized carbons (Fsp3) is 0.533. The molecule has 2 aromatic rings. The van der Waals surface area contributed by atoms with Gasteiger partial charge in [-0.05, 0) is 31.7 Å². The van der Waals surface area contributed by atoms with Crippen molar-refractivity contribution in [1.82, 2.24) is 20.2 Å². The fourth-order valence-corrected chi connectivity index (χ4v) is 3.03. The summed E-state index contributed by atoms with van der Waals surface area (Å²) in [6.07, 6.45) is 10.1. The molecule has 6 nitrogen and oxygen atoms in total. The number of nitrogens with two attached hydrogens (primary N) is 1. The quantitative estimate of drug-likeness (QED) is 0.803. The van der Waals surface area contributed by atoms with Crippen LogP contribution in [0.1, 0.15) is 39.0 Å². The van der Waals surface area contributed by atoms with E-state index >= 15 is 0 Å². The Labute approximate surface area is 124 Å². The fourth-order valence-electron chi connectivity index (χ4n) is 3.03. The van der Waals surface area contributed by atoms with Crippen molar-refractivity contribution in [3.05, 3.63) is 18.5 Å². The first-order chi connectivity index (χ1) is 10.2. The Bertz CT molecular complexity index is 587. The van der Waals surface area contributed by atoms with Crippen LogP contribution in [0, 0.1) is 5.92 Å². The zero-order valence-corrected chi connectivity index (χ0v) is 12.3. The summed E-state index contributed by atoms with van der Waals surface area (Å²) in [7, 11) is 0. The van der Waals surface area contributed by atoms with Gasteiger partial charge in [-0.25, -0.2) is 9.97 Å². The lowest BCUT2D eigenvalue weighted by atomic mass is 9.85. The van der Waals surface area contributed by atoms with Crippen LogP contribution in [0.4, 0.5) is 11.8 Å². The highest BCUT2D eigenvalue weighted by atomic mass is 15.2. The van der Waals surface area contributed by atoms with Gasteiger partial charge in [0.15, 0.2) is 0 Å². The first kappa shape index (κ1) is 13.9. The van der Waals surface area contributed by atoms with Gasteiger partial charge < -0.3 is 11.1 Å². The van der Waals surface area contributed by atoms with Crippen LogP contribution in [0.25, 0.3) is 11.3 Å². The van der Waals surface area contributed by atoms with Gasteiger partial charge in [0, 0.05) is 12.2 Å². The SMILES string of the molecule is CC(Nc1nccc(-c2cn[nH]c2N)n1)C1CCCCC1. The summed E-state index contributed by atoms with van der Waals surface area (Å²) in [5, 5.41) is 10.1. The minimum Gasteiger partial charge on any atom is -0.384 e. The van der Waals surface area contributed by atoms with Crippen molar-refractivity contribution in [3.63, 3.8) is 0 Å². The first-order valence-electron chi connectivity index (χ1n) is 7.63. The molecular weight excluding hydrogens is 264 g/mol. The highest BCUT2D eigenvalue weighted by Crippen LogP contribution is 2.28. The molecule has 0 aromatic carbocycles. The highest BCUT2D eigenvalue weighted by Gasteiger charge is 2.20. The second-order valence-electron chi connectivity index (χ2n) is 5.79. The number of hydrogen-bond acceptors (Lipinski definition) is 5. The molecule has 1 aliphatic carbocycles. The second kappa shape index (κ2) is 6.11. The second-order valence-corrected chi connectivity index (χ2v) is 5.79. The standard InChI is InChI=1S/C15H22N6/c1-10(11-5-3-2-4-6-11)19-15-17-8-7-13(20-15)12-9-18-21-14(12)16/h7-11H,2-6H2,1H3,(H3,16,18,21)(H,17,19,20). The van der Waals surface area contributed by atoms with E-state index in [1.807, 2.05) is 6.07 Å². The van der Waals surface area contributed by atoms with Gasteiger partial charge in [0.05, 0.1) is 17.5 Å². The number of rotatable bonds is 4. The smallest absolute Gasteiger partial charge is 0.223 e. The number of nitrogens with one attached hydrogen (secondary N) is 2. The Morgan fingerprint density at radius 1 is 1.33 bits per heavy atom. The van der Waals surface area contributed by atoms with E-state index in [4.69, 9.17) is 5.73 Å². The Hall–Kier alpha value is -2.11. The van der Waals surface area contributed by atoms with Gasteiger partial charge in [0.2, 0.25) is 5.95 Å². The maximum atomic E-state index is 5.84. The molecule has 4 N–H and O–H groups in total. The van der Waals surface area contributed by atoms with Gasteiger partial charge in [0.1, 0.15) is 5.82 Å². The zero-order valence-electron chi connectivity index (χ0n) is 12.3. The lowest BCUT2D eigenvalue weighted by Gasteiger charge is -2.28. The third-order valence-electron chi connectivity index (χ3n) is 4.31. The molecule has 2 heterocycles. The molecule has 0 saturated heterocycles. The normalized spacial score (nSPS) is 17.6. The summed E-state index contributed by atoms with van der Waals surface area (Å²) < 4.78 is 0. The molecule has 1 atom stereocenters. The molecule has 0 spiro atoms. The van der Waals surface area contributed by atoms with E-state index in [0.29, 0.717) is 23.7 Å². The van der Waals surface area contributed by atoms with Gasteiger partial charge in [-0.15, -0.1) is 0 Å². The number of nitrogen functional groups attached to an aromatic ring is 1. The average Bonchev–Trinajstić information content (AvgIpc) is 2.94. The van der Waals surface area contributed by atoms with E-state index in [1.165, 1.54) is 32.1 Å². The monoisotopic (exact) mass is 286 g/mol. The molecule has 0 aliphatic heterocycles. The summed E-state index contributed by atoms with van der Waals surface area (Å²) in [6.45, 7) is 2.22. The molecule has 6 heteroatoms. The number of aromatic nitrogens is 4. The topological polar surface area (TPSA) is 92.5 Å². The maximum absolute atomic E-state index is 5.84. The Morgan fingerprint density at radius 3 is 2.86 bits per heavy atom. The summed E-state index contributed by atoms with van der Waals surface area (Å²) in [5.74, 6) is 1.90. The van der Waals surface area contributed by atoms with Crippen LogP contribution in [-0.4, -0.2) is 26.2 Å². The highest BCUT2D eigenvalue weighted by molar-refractivity contribution is 5.70. The van der Waals surface area contributed by atoms with Crippen molar-refractivity contribution in [3.8, 4) is 11.3 Å². The van der Waals surface area contributed by atoms with Crippen LogP contribution in [0.5, 0.6) is 0 Å². The molecule has 0 radical (unpaired) electrons. The number of aromatic amines is 1. The summed E-state index contributed by atoms with van der Waals surface area (Å²) in [4.78, 5) is 8.87. The number of hydrogen-bond donors (Lipinski definition) is 3. The molecule has 112 valence electrons. The third kappa shape index (κ3) is 3.15. The van der Waals surface area contributed by atoms with Gasteiger partial charge in [-0.3, -0.25) is 5.10 Å². The molecule has 0 amide bonds. The molecular formula is C15H22N6. The molecule has 3 rings (SSSR count). The van der Waals surface area contributed by atoms with Gasteiger partial charge >= 0.3 is 0 Å². The van der Waals surface area contributed by atoms with Crippen molar-refractivity contribution in [2.45, 2.75) is 45.1 Å². The minimum absolute atomic E-state index is 0.391. The Morgan fingerprint density at radius 2 is 2.14 bits per heavy atom. The Kier molecular flexibility index (Phi) is 4.03. The van der Waals surface area contributed by atoms with Crippen LogP contribution in [0.2, 0.25) is 0 Å². The molecule has 1 unspecified atom stereocenters. The van der Waals surface area contributed by atoms with Gasteiger partial charge in [-0.1, -0.05) is 19.3 Å². The lowest BCUT2D eigenvalue weighted by molar-refractivity contribution is 0.327. The van der Waals surface area contributed by atoms with E-state index in [9.17, 15) is 0 Å². The van der Waals surface area contributed by atoms with Crippen molar-refractivity contribution in [2.24, 2.45) is 5.92 Å². The first-order valence-corrected chi connectivity index (χ1v) is 7.63. The van der Waals surface area contributed by atoms with E-state index in [1.54, 1.807) is 12.4 Å². The van der Waals surface area contributed by atoms with Crippen molar-refractivity contribution in [1.29, 1.82) is 0 Å². The summed E-state index contributed by atoms with van der Waals surface area (Å²) in [6, 6.07) is 2.24. The lowest BCUT2D eigenvalue weighted by Crippen LogP contribution is -2.28. The van der Waals surface area contributed by atoms with Crippen molar-refractivity contribution < 1.29 is 0 Å². The maximum Gasteiger partial charge on any atom is 0.223 e. The predicted octanol–water partition coefficient (Wildman–Crippen LogP) is 2.83. The number of H-pyrrole nitrogens is 1. The van der Waals surface area contributed by atoms with Crippen LogP contribution in [-0.2, 0) is 0 Å². The van der Waals surface area contributed by atoms with Gasteiger partial charge in [0.25, 0.3) is 0 Å². The summed E-state index contributed by atoms with van der Waals surface area (Å²) >= 11 is 0. The molecule has 21 heavy (non-hydrogen) atoms.